The molecule has 24 heavy (non-hydrogen) atoms. The molecule has 3 rings (SSSR count). The van der Waals surface area contributed by atoms with E-state index in [9.17, 15) is 5.11 Å². The van der Waals surface area contributed by atoms with Gasteiger partial charge in [-0.25, -0.2) is 0 Å². The molecule has 3 N–H and O–H groups in total. The highest BCUT2D eigenvalue weighted by atomic mass is 16.5. The van der Waals surface area contributed by atoms with Gasteiger partial charge in [0.15, 0.2) is 0 Å². The molecule has 0 aliphatic carbocycles. The number of nitrogens with one attached hydrogen (secondary N) is 2. The van der Waals surface area contributed by atoms with E-state index in [1.165, 1.54) is 0 Å². The average molecular weight is 334 g/mol. The van der Waals surface area contributed by atoms with Crippen LogP contribution in [0.1, 0.15) is 24.2 Å². The number of methoxy groups -OCH3 is 2. The van der Waals surface area contributed by atoms with Crippen LogP contribution in [0.3, 0.4) is 0 Å². The monoisotopic (exact) mass is 334 g/mol. The Balaban J connectivity index is 2.09. The van der Waals surface area contributed by atoms with Crippen LogP contribution in [-0.4, -0.2) is 51.7 Å². The maximum Gasteiger partial charge on any atom is 0.128 e. The number of benzene rings is 1. The van der Waals surface area contributed by atoms with Crippen LogP contribution >= 0.6 is 0 Å². The van der Waals surface area contributed by atoms with Gasteiger partial charge in [0.05, 0.1) is 36.7 Å². The number of hydrogen-bond acceptors (Lipinski definition) is 6. The Morgan fingerprint density at radius 2 is 2.08 bits per heavy atom. The van der Waals surface area contributed by atoms with Gasteiger partial charge in [0, 0.05) is 37.8 Å². The van der Waals surface area contributed by atoms with E-state index in [1.54, 1.807) is 14.2 Å². The SMILES string of the molecule is COCCOc1cc2c(c3c1C(OC)C(C)C(CO)N3)NCC=C2. The minimum atomic E-state index is -0.144. The summed E-state index contributed by atoms with van der Waals surface area (Å²) in [7, 11) is 3.36. The molecule has 6 nitrogen and oxygen atoms in total. The van der Waals surface area contributed by atoms with Crippen LogP contribution in [0, 0.1) is 5.92 Å². The highest BCUT2D eigenvalue weighted by Crippen LogP contribution is 2.49. The van der Waals surface area contributed by atoms with Crippen molar-refractivity contribution in [3.63, 3.8) is 0 Å². The summed E-state index contributed by atoms with van der Waals surface area (Å²) in [5.41, 5.74) is 4.08. The van der Waals surface area contributed by atoms with Crippen molar-refractivity contribution in [3.8, 4) is 5.75 Å². The predicted molar refractivity (Wildman–Crippen MR) is 94.7 cm³/mol. The Labute approximate surface area is 142 Å². The second-order valence-electron chi connectivity index (χ2n) is 6.20. The van der Waals surface area contributed by atoms with Gasteiger partial charge < -0.3 is 30.0 Å². The average Bonchev–Trinajstić information content (AvgIpc) is 2.61. The third-order valence-corrected chi connectivity index (χ3v) is 4.78. The maximum atomic E-state index is 9.75. The third-order valence-electron chi connectivity index (χ3n) is 4.78. The van der Waals surface area contributed by atoms with E-state index in [0.717, 1.165) is 34.8 Å². The minimum Gasteiger partial charge on any atom is -0.491 e. The molecule has 0 saturated heterocycles. The van der Waals surface area contributed by atoms with Crippen molar-refractivity contribution in [1.29, 1.82) is 0 Å². The van der Waals surface area contributed by atoms with Crippen LogP contribution in [0.25, 0.3) is 6.08 Å². The topological polar surface area (TPSA) is 72.0 Å². The first-order chi connectivity index (χ1) is 11.7. The maximum absolute atomic E-state index is 9.75. The molecule has 0 radical (unpaired) electrons. The molecule has 2 aliphatic heterocycles. The smallest absolute Gasteiger partial charge is 0.128 e. The molecule has 2 aliphatic rings. The van der Waals surface area contributed by atoms with Gasteiger partial charge in [-0.1, -0.05) is 19.1 Å². The van der Waals surface area contributed by atoms with Crippen molar-refractivity contribution < 1.29 is 19.3 Å². The lowest BCUT2D eigenvalue weighted by Crippen LogP contribution is -2.40. The summed E-state index contributed by atoms with van der Waals surface area (Å²) in [6.07, 6.45) is 4.02. The lowest BCUT2D eigenvalue weighted by molar-refractivity contribution is 0.0345. The summed E-state index contributed by atoms with van der Waals surface area (Å²) >= 11 is 0. The lowest BCUT2D eigenvalue weighted by Gasteiger charge is -2.40. The van der Waals surface area contributed by atoms with Crippen molar-refractivity contribution in [3.05, 3.63) is 23.3 Å². The Bertz CT molecular complexity index is 618. The Kier molecular flexibility index (Phi) is 5.28. The normalized spacial score (nSPS) is 24.6. The number of aliphatic hydroxyl groups excluding tert-OH is 1. The summed E-state index contributed by atoms with van der Waals surface area (Å²) in [5, 5.41) is 16.7. The molecule has 1 aromatic rings. The number of ether oxygens (including phenoxy) is 3. The quantitative estimate of drug-likeness (QED) is 0.693. The predicted octanol–water partition coefficient (Wildman–Crippen LogP) is 2.26. The number of rotatable bonds is 6. The highest BCUT2D eigenvalue weighted by Gasteiger charge is 2.38. The van der Waals surface area contributed by atoms with Gasteiger partial charge in [0.25, 0.3) is 0 Å². The van der Waals surface area contributed by atoms with Gasteiger partial charge in [0.1, 0.15) is 12.4 Å². The fourth-order valence-electron chi connectivity index (χ4n) is 3.48. The van der Waals surface area contributed by atoms with Crippen molar-refractivity contribution in [2.24, 2.45) is 5.92 Å². The van der Waals surface area contributed by atoms with Crippen LogP contribution < -0.4 is 15.4 Å². The second kappa shape index (κ2) is 7.42. The molecule has 0 bridgehead atoms. The van der Waals surface area contributed by atoms with Gasteiger partial charge in [-0.05, 0) is 6.07 Å². The first-order valence-electron chi connectivity index (χ1n) is 8.34. The van der Waals surface area contributed by atoms with Crippen LogP contribution in [0.5, 0.6) is 5.75 Å². The molecule has 3 atom stereocenters. The lowest BCUT2D eigenvalue weighted by atomic mass is 9.83. The van der Waals surface area contributed by atoms with E-state index in [-0.39, 0.29) is 24.7 Å². The standard InChI is InChI=1S/C18H26N2O4/c1-11-13(10-21)20-17-15(18(11)23-3)14(24-8-7-22-2)9-12-5-4-6-19-16(12)17/h4-5,9,11,13,18-21H,6-8,10H2,1-3H3. The van der Waals surface area contributed by atoms with E-state index < -0.39 is 0 Å². The molecule has 0 spiro atoms. The third kappa shape index (κ3) is 2.97. The van der Waals surface area contributed by atoms with Crippen LogP contribution in [0.4, 0.5) is 11.4 Å². The summed E-state index contributed by atoms with van der Waals surface area (Å²) < 4.78 is 16.9. The zero-order chi connectivity index (χ0) is 17.1. The molecule has 0 aromatic heterocycles. The van der Waals surface area contributed by atoms with E-state index in [0.29, 0.717) is 13.2 Å². The van der Waals surface area contributed by atoms with Gasteiger partial charge >= 0.3 is 0 Å². The second-order valence-corrected chi connectivity index (χ2v) is 6.20. The summed E-state index contributed by atoms with van der Waals surface area (Å²) in [6, 6.07) is 1.99. The van der Waals surface area contributed by atoms with Gasteiger partial charge in [-0.15, -0.1) is 0 Å². The number of fused-ring (bicyclic) bond motifs is 3. The zero-order valence-corrected chi connectivity index (χ0v) is 14.5. The summed E-state index contributed by atoms with van der Waals surface area (Å²) in [5.74, 6) is 0.922. The largest absolute Gasteiger partial charge is 0.491 e. The van der Waals surface area contributed by atoms with Gasteiger partial charge in [0.2, 0.25) is 0 Å². The van der Waals surface area contributed by atoms with Gasteiger partial charge in [-0.3, -0.25) is 0 Å². The zero-order valence-electron chi connectivity index (χ0n) is 14.5. The molecule has 6 heteroatoms. The molecule has 132 valence electrons. The first kappa shape index (κ1) is 17.1. The van der Waals surface area contributed by atoms with Crippen LogP contribution in [0.15, 0.2) is 12.1 Å². The molecular formula is C18H26N2O4. The van der Waals surface area contributed by atoms with Crippen molar-refractivity contribution in [2.75, 3.05) is 51.2 Å². The first-order valence-corrected chi connectivity index (χ1v) is 8.34. The van der Waals surface area contributed by atoms with Crippen LogP contribution in [-0.2, 0) is 9.47 Å². The van der Waals surface area contributed by atoms with E-state index in [4.69, 9.17) is 14.2 Å². The number of hydrogen-bond donors (Lipinski definition) is 3. The molecule has 0 saturated carbocycles. The molecule has 0 amide bonds. The number of anilines is 2. The summed E-state index contributed by atoms with van der Waals surface area (Å²) in [4.78, 5) is 0. The minimum absolute atomic E-state index is 0.0554. The van der Waals surface area contributed by atoms with Crippen molar-refractivity contribution in [1.82, 2.24) is 0 Å². The van der Waals surface area contributed by atoms with Crippen LogP contribution in [0.2, 0.25) is 0 Å². The molecule has 2 heterocycles. The Hall–Kier alpha value is -1.76. The Morgan fingerprint density at radius 1 is 1.25 bits per heavy atom. The molecule has 0 fully saturated rings. The number of aliphatic hydroxyl groups is 1. The van der Waals surface area contributed by atoms with E-state index in [2.05, 4.69) is 29.7 Å². The molecule has 1 aromatic carbocycles. The Morgan fingerprint density at radius 3 is 2.79 bits per heavy atom. The summed E-state index contributed by atoms with van der Waals surface area (Å²) in [6.45, 7) is 3.92. The molecular weight excluding hydrogens is 308 g/mol. The van der Waals surface area contributed by atoms with E-state index >= 15 is 0 Å². The molecule has 3 unspecified atom stereocenters. The van der Waals surface area contributed by atoms with Crippen molar-refractivity contribution in [2.45, 2.75) is 19.1 Å². The fourth-order valence-corrected chi connectivity index (χ4v) is 3.48. The van der Waals surface area contributed by atoms with Gasteiger partial charge in [-0.2, -0.15) is 0 Å². The van der Waals surface area contributed by atoms with Crippen molar-refractivity contribution >= 4 is 17.5 Å². The fraction of sp³-hybridized carbons (Fsp3) is 0.556. The highest BCUT2D eigenvalue weighted by molar-refractivity contribution is 5.87. The van der Waals surface area contributed by atoms with E-state index in [1.807, 2.05) is 6.07 Å².